The highest BCUT2D eigenvalue weighted by Crippen LogP contribution is 2.51. The molecule has 6 heteroatoms. The van der Waals surface area contributed by atoms with Crippen LogP contribution in [0, 0.1) is 5.41 Å². The molecule has 0 aromatic heterocycles. The minimum absolute atomic E-state index is 0.0782. The number of carboxylic acid groups (broad SMARTS) is 1. The molecule has 0 amide bonds. The van der Waals surface area contributed by atoms with Gasteiger partial charge < -0.3 is 5.11 Å². The summed E-state index contributed by atoms with van der Waals surface area (Å²) in [7, 11) is 0. The SMILES string of the molecule is O=C(O)CC1(CSCCSc2cc(Cl)ccc2Cl)CC1. The van der Waals surface area contributed by atoms with Gasteiger partial charge in [0.15, 0.2) is 0 Å². The van der Waals surface area contributed by atoms with Crippen molar-refractivity contribution in [3.8, 4) is 0 Å². The second-order valence-corrected chi connectivity index (χ2v) is 8.13. The molecule has 110 valence electrons. The normalized spacial score (nSPS) is 16.1. The zero-order chi connectivity index (χ0) is 14.6. The monoisotopic (exact) mass is 350 g/mol. The van der Waals surface area contributed by atoms with Crippen LogP contribution in [-0.2, 0) is 4.79 Å². The zero-order valence-electron chi connectivity index (χ0n) is 10.9. The molecule has 1 fully saturated rings. The number of thioether (sulfide) groups is 2. The highest BCUT2D eigenvalue weighted by Gasteiger charge is 2.43. The summed E-state index contributed by atoms with van der Waals surface area (Å²) in [5.41, 5.74) is 0.0782. The molecule has 1 saturated carbocycles. The fraction of sp³-hybridized carbons (Fsp3) is 0.500. The Bertz CT molecular complexity index is 490. The van der Waals surface area contributed by atoms with Crippen molar-refractivity contribution in [2.24, 2.45) is 5.41 Å². The Morgan fingerprint density at radius 1 is 1.30 bits per heavy atom. The Kier molecular flexibility index (Phi) is 5.96. The van der Waals surface area contributed by atoms with E-state index in [2.05, 4.69) is 0 Å². The first-order valence-electron chi connectivity index (χ1n) is 6.38. The van der Waals surface area contributed by atoms with Crippen LogP contribution in [0.4, 0.5) is 0 Å². The molecule has 0 spiro atoms. The van der Waals surface area contributed by atoms with Crippen molar-refractivity contribution < 1.29 is 9.90 Å². The van der Waals surface area contributed by atoms with Crippen LogP contribution in [-0.4, -0.2) is 28.3 Å². The molecule has 0 heterocycles. The van der Waals surface area contributed by atoms with Crippen molar-refractivity contribution >= 4 is 52.7 Å². The second-order valence-electron chi connectivity index (χ2n) is 5.05. The van der Waals surface area contributed by atoms with E-state index in [1.54, 1.807) is 17.8 Å². The van der Waals surface area contributed by atoms with Crippen LogP contribution in [0.2, 0.25) is 10.0 Å². The van der Waals surface area contributed by atoms with Crippen molar-refractivity contribution in [1.82, 2.24) is 0 Å². The third-order valence-electron chi connectivity index (χ3n) is 3.27. The lowest BCUT2D eigenvalue weighted by atomic mass is 10.1. The quantitative estimate of drug-likeness (QED) is 0.524. The van der Waals surface area contributed by atoms with E-state index in [-0.39, 0.29) is 5.41 Å². The van der Waals surface area contributed by atoms with Crippen molar-refractivity contribution in [2.75, 3.05) is 17.3 Å². The summed E-state index contributed by atoms with van der Waals surface area (Å²) in [5, 5.41) is 10.3. The molecule has 0 radical (unpaired) electrons. The van der Waals surface area contributed by atoms with Crippen molar-refractivity contribution in [2.45, 2.75) is 24.2 Å². The van der Waals surface area contributed by atoms with Gasteiger partial charge in [0.2, 0.25) is 0 Å². The van der Waals surface area contributed by atoms with E-state index in [4.69, 9.17) is 28.3 Å². The summed E-state index contributed by atoms with van der Waals surface area (Å²) in [6, 6.07) is 5.48. The molecule has 1 aliphatic rings. The highest BCUT2D eigenvalue weighted by molar-refractivity contribution is 8.03. The largest absolute Gasteiger partial charge is 0.481 e. The number of benzene rings is 1. The van der Waals surface area contributed by atoms with Crippen LogP contribution in [0.15, 0.2) is 23.1 Å². The van der Waals surface area contributed by atoms with E-state index in [1.165, 1.54) is 0 Å². The standard InChI is InChI=1S/C14H16Cl2O2S2/c15-10-1-2-11(16)12(7-10)20-6-5-19-9-14(3-4-14)8-13(17)18/h1-2,7H,3-6,8-9H2,(H,17,18). The van der Waals surface area contributed by atoms with E-state index < -0.39 is 5.97 Å². The number of hydrogen-bond donors (Lipinski definition) is 1. The van der Waals surface area contributed by atoms with E-state index in [0.29, 0.717) is 11.4 Å². The molecule has 1 N–H and O–H groups in total. The fourth-order valence-electron chi connectivity index (χ4n) is 1.96. The van der Waals surface area contributed by atoms with Gasteiger partial charge in [-0.1, -0.05) is 23.2 Å². The minimum atomic E-state index is -0.678. The van der Waals surface area contributed by atoms with Crippen LogP contribution < -0.4 is 0 Å². The third-order valence-corrected chi connectivity index (χ3v) is 6.57. The molecule has 1 aromatic rings. The van der Waals surface area contributed by atoms with E-state index >= 15 is 0 Å². The molecular weight excluding hydrogens is 335 g/mol. The Morgan fingerprint density at radius 3 is 2.70 bits per heavy atom. The lowest BCUT2D eigenvalue weighted by molar-refractivity contribution is -0.138. The average molecular weight is 351 g/mol. The Balaban J connectivity index is 1.67. The molecule has 2 nitrogen and oxygen atoms in total. The van der Waals surface area contributed by atoms with Gasteiger partial charge in [-0.2, -0.15) is 11.8 Å². The van der Waals surface area contributed by atoms with Gasteiger partial charge in [-0.25, -0.2) is 0 Å². The second kappa shape index (κ2) is 7.30. The molecule has 0 atom stereocenters. The number of carboxylic acids is 1. The van der Waals surface area contributed by atoms with E-state index in [1.807, 2.05) is 23.9 Å². The molecule has 0 saturated heterocycles. The first-order chi connectivity index (χ1) is 9.51. The predicted octanol–water partition coefficient (Wildman–Crippen LogP) is 5.07. The molecule has 20 heavy (non-hydrogen) atoms. The van der Waals surface area contributed by atoms with Gasteiger partial charge >= 0.3 is 5.97 Å². The molecule has 0 aliphatic heterocycles. The van der Waals surface area contributed by atoms with Crippen LogP contribution in [0.1, 0.15) is 19.3 Å². The summed E-state index contributed by atoms with van der Waals surface area (Å²) in [6.45, 7) is 0. The third kappa shape index (κ3) is 5.06. The predicted molar refractivity (Wildman–Crippen MR) is 88.4 cm³/mol. The van der Waals surface area contributed by atoms with Gasteiger partial charge in [-0.05, 0) is 42.2 Å². The van der Waals surface area contributed by atoms with Crippen molar-refractivity contribution in [1.29, 1.82) is 0 Å². The number of carbonyl (C=O) groups is 1. The van der Waals surface area contributed by atoms with Crippen LogP contribution in [0.25, 0.3) is 0 Å². The average Bonchev–Trinajstić information content (AvgIpc) is 3.12. The van der Waals surface area contributed by atoms with Gasteiger partial charge in [0.05, 0.1) is 11.4 Å². The smallest absolute Gasteiger partial charge is 0.303 e. The summed E-state index contributed by atoms with van der Waals surface area (Å²) in [4.78, 5) is 11.8. The van der Waals surface area contributed by atoms with Crippen molar-refractivity contribution in [3.63, 3.8) is 0 Å². The Labute approximate surface area is 137 Å². The van der Waals surface area contributed by atoms with Crippen LogP contribution in [0.5, 0.6) is 0 Å². The van der Waals surface area contributed by atoms with Crippen LogP contribution >= 0.6 is 46.7 Å². The van der Waals surface area contributed by atoms with Gasteiger partial charge in [0.25, 0.3) is 0 Å². The number of aliphatic carboxylic acids is 1. The summed E-state index contributed by atoms with van der Waals surface area (Å²) in [5.74, 6) is 2.22. The van der Waals surface area contributed by atoms with Gasteiger partial charge in [0, 0.05) is 21.4 Å². The lowest BCUT2D eigenvalue weighted by Crippen LogP contribution is -2.11. The van der Waals surface area contributed by atoms with Crippen molar-refractivity contribution in [3.05, 3.63) is 28.2 Å². The Morgan fingerprint density at radius 2 is 2.05 bits per heavy atom. The summed E-state index contributed by atoms with van der Waals surface area (Å²) >= 11 is 15.6. The molecule has 1 aromatic carbocycles. The van der Waals surface area contributed by atoms with E-state index in [0.717, 1.165) is 40.0 Å². The topological polar surface area (TPSA) is 37.3 Å². The number of hydrogen-bond acceptors (Lipinski definition) is 3. The molecule has 0 bridgehead atoms. The Hall–Kier alpha value is -0.0300. The van der Waals surface area contributed by atoms with Gasteiger partial charge in [-0.15, -0.1) is 11.8 Å². The highest BCUT2D eigenvalue weighted by atomic mass is 35.5. The minimum Gasteiger partial charge on any atom is -0.481 e. The fourth-order valence-corrected chi connectivity index (χ4v) is 4.88. The molecular formula is C14H16Cl2O2S2. The summed E-state index contributed by atoms with van der Waals surface area (Å²) in [6.07, 6.45) is 2.42. The molecule has 0 unspecified atom stereocenters. The van der Waals surface area contributed by atoms with Gasteiger partial charge in [0.1, 0.15) is 0 Å². The first kappa shape index (κ1) is 16.3. The number of rotatable bonds is 8. The van der Waals surface area contributed by atoms with E-state index in [9.17, 15) is 4.79 Å². The maximum Gasteiger partial charge on any atom is 0.303 e. The maximum atomic E-state index is 10.8. The molecule has 1 aliphatic carbocycles. The summed E-state index contributed by atoms with van der Waals surface area (Å²) < 4.78 is 0. The first-order valence-corrected chi connectivity index (χ1v) is 9.28. The maximum absolute atomic E-state index is 10.8. The zero-order valence-corrected chi connectivity index (χ0v) is 14.0. The van der Waals surface area contributed by atoms with Crippen LogP contribution in [0.3, 0.4) is 0 Å². The molecule has 2 rings (SSSR count). The number of halogens is 2. The van der Waals surface area contributed by atoms with Gasteiger partial charge in [-0.3, -0.25) is 4.79 Å². The lowest BCUT2D eigenvalue weighted by Gasteiger charge is -2.11.